The Morgan fingerprint density at radius 2 is 2.00 bits per heavy atom. The van der Waals surface area contributed by atoms with Crippen molar-refractivity contribution >= 4 is 21.8 Å². The van der Waals surface area contributed by atoms with Gasteiger partial charge in [-0.15, -0.1) is 0 Å². The highest BCUT2D eigenvalue weighted by Gasteiger charge is 2.26. The zero-order chi connectivity index (χ0) is 13.3. The number of amides is 1. The summed E-state index contributed by atoms with van der Waals surface area (Å²) < 4.78 is 27.5. The zero-order valence-corrected chi connectivity index (χ0v) is 11.6. The first-order valence-electron chi connectivity index (χ1n) is 5.88. The molecule has 5 heteroatoms. The molecule has 2 nitrogen and oxygen atoms in total. The van der Waals surface area contributed by atoms with Gasteiger partial charge in [0.05, 0.1) is 5.56 Å². The van der Waals surface area contributed by atoms with E-state index in [1.807, 2.05) is 0 Å². The molecule has 0 aromatic heterocycles. The van der Waals surface area contributed by atoms with E-state index >= 15 is 0 Å². The highest BCUT2D eigenvalue weighted by Crippen LogP contribution is 2.25. The van der Waals surface area contributed by atoms with E-state index in [9.17, 15) is 13.6 Å². The maximum Gasteiger partial charge on any atom is 0.257 e. The molecule has 1 heterocycles. The molecule has 0 aliphatic carbocycles. The molecule has 0 atom stereocenters. The number of hydrogen-bond donors (Lipinski definition) is 0. The van der Waals surface area contributed by atoms with E-state index in [1.165, 1.54) is 11.0 Å². The van der Waals surface area contributed by atoms with Gasteiger partial charge in [-0.2, -0.15) is 0 Å². The first kappa shape index (κ1) is 13.5. The Morgan fingerprint density at radius 3 is 2.61 bits per heavy atom. The third kappa shape index (κ3) is 2.55. The summed E-state index contributed by atoms with van der Waals surface area (Å²) in [6.45, 7) is 2.40. The second kappa shape index (κ2) is 5.34. The van der Waals surface area contributed by atoms with Crippen molar-refractivity contribution in [3.63, 3.8) is 0 Å². The van der Waals surface area contributed by atoms with Gasteiger partial charge in [-0.25, -0.2) is 8.78 Å². The number of carbonyl (C=O) groups excluding carboxylic acids is 1. The van der Waals surface area contributed by atoms with Crippen LogP contribution < -0.4 is 0 Å². The average Bonchev–Trinajstić information content (AvgIpc) is 2.35. The summed E-state index contributed by atoms with van der Waals surface area (Å²) in [5.74, 6) is -0.874. The molecule has 0 saturated carbocycles. The van der Waals surface area contributed by atoms with Gasteiger partial charge in [-0.3, -0.25) is 4.79 Å². The Morgan fingerprint density at radius 1 is 1.39 bits per heavy atom. The summed E-state index contributed by atoms with van der Waals surface area (Å²) in [5, 5.41) is 0. The van der Waals surface area contributed by atoms with Crippen molar-refractivity contribution in [1.82, 2.24) is 4.90 Å². The number of likely N-dealkylation sites (tertiary alicyclic amines) is 1. The molecule has 1 aliphatic rings. The van der Waals surface area contributed by atoms with Crippen molar-refractivity contribution < 1.29 is 13.6 Å². The van der Waals surface area contributed by atoms with Gasteiger partial charge in [-0.1, -0.05) is 15.9 Å². The average molecular weight is 318 g/mol. The van der Waals surface area contributed by atoms with Crippen LogP contribution in [-0.4, -0.2) is 30.1 Å². The maximum atomic E-state index is 13.8. The number of halogens is 3. The van der Waals surface area contributed by atoms with E-state index in [0.29, 0.717) is 36.0 Å². The summed E-state index contributed by atoms with van der Waals surface area (Å²) in [5.41, 5.74) is 0.670. The summed E-state index contributed by atoms with van der Waals surface area (Å²) in [7, 11) is 0. The first-order valence-corrected chi connectivity index (χ1v) is 6.68. The zero-order valence-electron chi connectivity index (χ0n) is 10.0. The SMILES string of the molecule is Cc1c(Br)ccc(F)c1C(=O)N1CCC(F)CC1. The summed E-state index contributed by atoms with van der Waals surface area (Å²) in [4.78, 5) is 13.8. The molecule has 0 bridgehead atoms. The number of hydrogen-bond acceptors (Lipinski definition) is 1. The van der Waals surface area contributed by atoms with Crippen LogP contribution in [0.4, 0.5) is 8.78 Å². The largest absolute Gasteiger partial charge is 0.338 e. The second-order valence-electron chi connectivity index (χ2n) is 4.50. The lowest BCUT2D eigenvalue weighted by Gasteiger charge is -2.29. The lowest BCUT2D eigenvalue weighted by atomic mass is 10.0. The smallest absolute Gasteiger partial charge is 0.257 e. The normalized spacial score (nSPS) is 17.0. The van der Waals surface area contributed by atoms with Gasteiger partial charge in [0.15, 0.2) is 0 Å². The Kier molecular flexibility index (Phi) is 4.00. The molecule has 18 heavy (non-hydrogen) atoms. The van der Waals surface area contributed by atoms with E-state index in [2.05, 4.69) is 15.9 Å². The molecule has 0 N–H and O–H groups in total. The highest BCUT2D eigenvalue weighted by atomic mass is 79.9. The predicted octanol–water partition coefficient (Wildman–Crippen LogP) is 3.47. The minimum atomic E-state index is -0.845. The van der Waals surface area contributed by atoms with Crippen molar-refractivity contribution in [2.24, 2.45) is 0 Å². The summed E-state index contributed by atoms with van der Waals surface area (Å²) in [6.07, 6.45) is -0.177. The van der Waals surface area contributed by atoms with Crippen molar-refractivity contribution in [2.45, 2.75) is 25.9 Å². The molecule has 1 saturated heterocycles. The van der Waals surface area contributed by atoms with Crippen LogP contribution in [0.1, 0.15) is 28.8 Å². The number of nitrogens with zero attached hydrogens (tertiary/aromatic N) is 1. The van der Waals surface area contributed by atoms with Crippen LogP contribution in [0.2, 0.25) is 0 Å². The number of carbonyl (C=O) groups is 1. The highest BCUT2D eigenvalue weighted by molar-refractivity contribution is 9.10. The molecule has 98 valence electrons. The Balaban J connectivity index is 2.26. The van der Waals surface area contributed by atoms with Gasteiger partial charge in [0.25, 0.3) is 5.91 Å². The number of alkyl halides is 1. The number of rotatable bonds is 1. The Hall–Kier alpha value is -0.970. The standard InChI is InChI=1S/C13H14BrF2NO/c1-8-10(14)2-3-11(16)12(8)13(18)17-6-4-9(15)5-7-17/h2-3,9H,4-7H2,1H3. The Bertz CT molecular complexity index is 470. The van der Waals surface area contributed by atoms with E-state index in [-0.39, 0.29) is 11.5 Å². The number of piperidine rings is 1. The van der Waals surface area contributed by atoms with E-state index in [1.54, 1.807) is 13.0 Å². The van der Waals surface area contributed by atoms with Crippen molar-refractivity contribution in [3.05, 3.63) is 33.5 Å². The van der Waals surface area contributed by atoms with Crippen LogP contribution in [0.5, 0.6) is 0 Å². The minimum Gasteiger partial charge on any atom is -0.338 e. The molecule has 0 spiro atoms. The lowest BCUT2D eigenvalue weighted by Crippen LogP contribution is -2.39. The Labute approximate surface area is 113 Å². The molecule has 1 aliphatic heterocycles. The molecule has 1 amide bonds. The molecular formula is C13H14BrF2NO. The van der Waals surface area contributed by atoms with Crippen LogP contribution >= 0.6 is 15.9 Å². The van der Waals surface area contributed by atoms with Crippen molar-refractivity contribution in [3.8, 4) is 0 Å². The third-order valence-corrected chi connectivity index (χ3v) is 4.13. The monoisotopic (exact) mass is 317 g/mol. The van der Waals surface area contributed by atoms with E-state index in [4.69, 9.17) is 0 Å². The van der Waals surface area contributed by atoms with Gasteiger partial charge >= 0.3 is 0 Å². The molecule has 0 unspecified atom stereocenters. The third-order valence-electron chi connectivity index (χ3n) is 3.27. The van der Waals surface area contributed by atoms with Gasteiger partial charge in [0.2, 0.25) is 0 Å². The van der Waals surface area contributed by atoms with Gasteiger partial charge in [-0.05, 0) is 37.5 Å². The molecule has 0 radical (unpaired) electrons. The van der Waals surface area contributed by atoms with Crippen LogP contribution in [0.3, 0.4) is 0 Å². The quantitative estimate of drug-likeness (QED) is 0.776. The fourth-order valence-electron chi connectivity index (χ4n) is 2.12. The van der Waals surface area contributed by atoms with Gasteiger partial charge in [0.1, 0.15) is 12.0 Å². The van der Waals surface area contributed by atoms with Crippen LogP contribution in [0.25, 0.3) is 0 Å². The van der Waals surface area contributed by atoms with Crippen molar-refractivity contribution in [1.29, 1.82) is 0 Å². The molecule has 2 rings (SSSR count). The number of benzene rings is 1. The summed E-state index contributed by atoms with van der Waals surface area (Å²) in [6, 6.07) is 2.85. The minimum absolute atomic E-state index is 0.0849. The van der Waals surface area contributed by atoms with Crippen LogP contribution in [0.15, 0.2) is 16.6 Å². The molecule has 1 fully saturated rings. The van der Waals surface area contributed by atoms with Gasteiger partial charge < -0.3 is 4.90 Å². The fraction of sp³-hybridized carbons (Fsp3) is 0.462. The van der Waals surface area contributed by atoms with E-state index in [0.717, 1.165) is 0 Å². The first-order chi connectivity index (χ1) is 8.50. The van der Waals surface area contributed by atoms with Crippen molar-refractivity contribution in [2.75, 3.05) is 13.1 Å². The molecule has 1 aromatic rings. The second-order valence-corrected chi connectivity index (χ2v) is 5.35. The van der Waals surface area contributed by atoms with Gasteiger partial charge in [0, 0.05) is 17.6 Å². The topological polar surface area (TPSA) is 20.3 Å². The lowest BCUT2D eigenvalue weighted by molar-refractivity contribution is 0.0661. The fourth-order valence-corrected chi connectivity index (χ4v) is 2.46. The molecule has 1 aromatic carbocycles. The van der Waals surface area contributed by atoms with Crippen LogP contribution in [-0.2, 0) is 0 Å². The summed E-state index contributed by atoms with van der Waals surface area (Å²) >= 11 is 3.28. The van der Waals surface area contributed by atoms with Crippen LogP contribution in [0, 0.1) is 12.7 Å². The van der Waals surface area contributed by atoms with E-state index < -0.39 is 12.0 Å². The maximum absolute atomic E-state index is 13.8. The molecular weight excluding hydrogens is 304 g/mol. The predicted molar refractivity (Wildman–Crippen MR) is 68.9 cm³/mol.